The van der Waals surface area contributed by atoms with Crippen LogP contribution < -0.4 is 5.73 Å². The first kappa shape index (κ1) is 12.6. The van der Waals surface area contributed by atoms with Gasteiger partial charge in [-0.15, -0.1) is 0 Å². The standard InChI is InChI=1S/C13H20BrNS/c1-13(2)6-4-3-5-10(13)12(15)9-7-16-8-11(9)14/h7-8,10,12H,3-6,15H2,1-2H3. The average Bonchev–Trinajstić information content (AvgIpc) is 2.63. The molecule has 2 N–H and O–H groups in total. The molecule has 1 nitrogen and oxygen atoms in total. The van der Waals surface area contributed by atoms with Gasteiger partial charge in [-0.3, -0.25) is 0 Å². The largest absolute Gasteiger partial charge is 0.324 e. The fraction of sp³-hybridized carbons (Fsp3) is 0.692. The highest BCUT2D eigenvalue weighted by molar-refractivity contribution is 9.10. The van der Waals surface area contributed by atoms with Crippen LogP contribution in [-0.2, 0) is 0 Å². The van der Waals surface area contributed by atoms with E-state index < -0.39 is 0 Å². The van der Waals surface area contributed by atoms with Crippen molar-refractivity contribution in [2.75, 3.05) is 0 Å². The van der Waals surface area contributed by atoms with Gasteiger partial charge in [-0.1, -0.05) is 26.7 Å². The van der Waals surface area contributed by atoms with Crippen LogP contribution in [0.3, 0.4) is 0 Å². The number of hydrogen-bond donors (Lipinski definition) is 1. The molecule has 16 heavy (non-hydrogen) atoms. The molecule has 1 aromatic heterocycles. The summed E-state index contributed by atoms with van der Waals surface area (Å²) >= 11 is 5.33. The third-order valence-corrected chi connectivity index (χ3v) is 5.78. The molecule has 1 fully saturated rings. The summed E-state index contributed by atoms with van der Waals surface area (Å²) in [6.45, 7) is 4.74. The van der Waals surface area contributed by atoms with Crippen molar-refractivity contribution in [2.45, 2.75) is 45.6 Å². The van der Waals surface area contributed by atoms with Crippen LogP contribution in [0.2, 0.25) is 0 Å². The lowest BCUT2D eigenvalue weighted by molar-refractivity contribution is 0.112. The van der Waals surface area contributed by atoms with Crippen LogP contribution >= 0.6 is 27.3 Å². The number of rotatable bonds is 2. The van der Waals surface area contributed by atoms with Crippen molar-refractivity contribution in [1.82, 2.24) is 0 Å². The summed E-state index contributed by atoms with van der Waals surface area (Å²) in [6.07, 6.45) is 5.29. The van der Waals surface area contributed by atoms with Crippen LogP contribution in [0.25, 0.3) is 0 Å². The van der Waals surface area contributed by atoms with E-state index in [9.17, 15) is 0 Å². The molecule has 0 aliphatic heterocycles. The smallest absolute Gasteiger partial charge is 0.0348 e. The van der Waals surface area contributed by atoms with Gasteiger partial charge in [0, 0.05) is 15.9 Å². The van der Waals surface area contributed by atoms with Gasteiger partial charge in [-0.2, -0.15) is 11.3 Å². The lowest BCUT2D eigenvalue weighted by Gasteiger charge is -2.42. The molecule has 0 radical (unpaired) electrons. The second kappa shape index (κ2) is 4.79. The Kier molecular flexibility index (Phi) is 3.77. The number of thiophene rings is 1. The molecule has 90 valence electrons. The molecule has 1 saturated carbocycles. The van der Waals surface area contributed by atoms with Crippen LogP contribution in [0.5, 0.6) is 0 Å². The van der Waals surface area contributed by atoms with Crippen molar-refractivity contribution in [1.29, 1.82) is 0 Å². The van der Waals surface area contributed by atoms with Gasteiger partial charge in [0.15, 0.2) is 0 Å². The quantitative estimate of drug-likeness (QED) is 0.840. The Labute approximate surface area is 111 Å². The average molecular weight is 302 g/mol. The molecular formula is C13H20BrNS. The Hall–Kier alpha value is 0.140. The maximum absolute atomic E-state index is 6.47. The third kappa shape index (κ3) is 2.36. The fourth-order valence-corrected chi connectivity index (χ4v) is 4.54. The van der Waals surface area contributed by atoms with E-state index >= 15 is 0 Å². The van der Waals surface area contributed by atoms with Crippen LogP contribution in [0.15, 0.2) is 15.2 Å². The second-order valence-electron chi connectivity index (χ2n) is 5.54. The molecule has 0 amide bonds. The first-order valence-corrected chi connectivity index (χ1v) is 7.73. The molecule has 1 heterocycles. The predicted octanol–water partition coefficient (Wildman–Crippen LogP) is 4.73. The van der Waals surface area contributed by atoms with E-state index in [2.05, 4.69) is 40.5 Å². The molecule has 1 aromatic rings. The molecule has 0 spiro atoms. The first-order chi connectivity index (χ1) is 7.52. The highest BCUT2D eigenvalue weighted by atomic mass is 79.9. The number of hydrogen-bond acceptors (Lipinski definition) is 2. The molecule has 0 aromatic carbocycles. The Morgan fingerprint density at radius 2 is 2.19 bits per heavy atom. The van der Waals surface area contributed by atoms with Crippen molar-refractivity contribution < 1.29 is 0 Å². The maximum Gasteiger partial charge on any atom is 0.0348 e. The molecule has 2 rings (SSSR count). The van der Waals surface area contributed by atoms with Crippen molar-refractivity contribution in [3.05, 3.63) is 20.8 Å². The molecule has 1 aliphatic carbocycles. The lowest BCUT2D eigenvalue weighted by atomic mass is 9.65. The summed E-state index contributed by atoms with van der Waals surface area (Å²) in [5.41, 5.74) is 8.15. The van der Waals surface area contributed by atoms with E-state index in [0.717, 1.165) is 0 Å². The van der Waals surface area contributed by atoms with Crippen LogP contribution in [0, 0.1) is 11.3 Å². The topological polar surface area (TPSA) is 26.0 Å². The van der Waals surface area contributed by atoms with E-state index in [1.165, 1.54) is 35.7 Å². The highest BCUT2D eigenvalue weighted by Gasteiger charge is 2.37. The second-order valence-corrected chi connectivity index (χ2v) is 7.14. The van der Waals surface area contributed by atoms with Crippen LogP contribution in [0.1, 0.15) is 51.1 Å². The van der Waals surface area contributed by atoms with E-state index in [1.54, 1.807) is 11.3 Å². The van der Waals surface area contributed by atoms with Crippen LogP contribution in [0.4, 0.5) is 0 Å². The van der Waals surface area contributed by atoms with Gasteiger partial charge in [0.05, 0.1) is 0 Å². The normalized spacial score (nSPS) is 26.6. The highest BCUT2D eigenvalue weighted by Crippen LogP contribution is 2.47. The molecular weight excluding hydrogens is 282 g/mol. The van der Waals surface area contributed by atoms with Crippen molar-refractivity contribution in [2.24, 2.45) is 17.1 Å². The van der Waals surface area contributed by atoms with E-state index in [1.807, 2.05) is 0 Å². The van der Waals surface area contributed by atoms with E-state index in [-0.39, 0.29) is 6.04 Å². The van der Waals surface area contributed by atoms with Gasteiger partial charge < -0.3 is 5.73 Å². The zero-order valence-corrected chi connectivity index (χ0v) is 12.4. The van der Waals surface area contributed by atoms with Gasteiger partial charge in [-0.25, -0.2) is 0 Å². The van der Waals surface area contributed by atoms with Crippen molar-refractivity contribution in [3.63, 3.8) is 0 Å². The molecule has 2 atom stereocenters. The molecule has 2 unspecified atom stereocenters. The minimum absolute atomic E-state index is 0.191. The van der Waals surface area contributed by atoms with Crippen molar-refractivity contribution in [3.8, 4) is 0 Å². The molecule has 0 saturated heterocycles. The predicted molar refractivity (Wildman–Crippen MR) is 74.7 cm³/mol. The van der Waals surface area contributed by atoms with E-state index in [4.69, 9.17) is 5.73 Å². The lowest BCUT2D eigenvalue weighted by Crippen LogP contribution is -2.36. The summed E-state index contributed by atoms with van der Waals surface area (Å²) in [5, 5.41) is 4.32. The summed E-state index contributed by atoms with van der Waals surface area (Å²) in [6, 6.07) is 0.191. The summed E-state index contributed by atoms with van der Waals surface area (Å²) < 4.78 is 1.19. The Morgan fingerprint density at radius 3 is 2.75 bits per heavy atom. The molecule has 0 bridgehead atoms. The van der Waals surface area contributed by atoms with Crippen LogP contribution in [-0.4, -0.2) is 0 Å². The minimum atomic E-state index is 0.191. The van der Waals surface area contributed by atoms with Gasteiger partial charge in [-0.05, 0) is 51.0 Å². The molecule has 1 aliphatic rings. The van der Waals surface area contributed by atoms with Crippen molar-refractivity contribution >= 4 is 27.3 Å². The SMILES string of the molecule is CC1(C)CCCCC1C(N)c1cscc1Br. The third-order valence-electron chi connectivity index (χ3n) is 4.02. The van der Waals surface area contributed by atoms with Gasteiger partial charge in [0.25, 0.3) is 0 Å². The molecule has 3 heteroatoms. The summed E-state index contributed by atoms with van der Waals surface area (Å²) in [4.78, 5) is 0. The Bertz CT molecular complexity index is 359. The zero-order chi connectivity index (χ0) is 11.8. The van der Waals surface area contributed by atoms with Gasteiger partial charge in [0.2, 0.25) is 0 Å². The minimum Gasteiger partial charge on any atom is -0.324 e. The summed E-state index contributed by atoms with van der Waals surface area (Å²) in [7, 11) is 0. The fourth-order valence-electron chi connectivity index (χ4n) is 2.93. The van der Waals surface area contributed by atoms with Gasteiger partial charge >= 0.3 is 0 Å². The Morgan fingerprint density at radius 1 is 1.44 bits per heavy atom. The first-order valence-electron chi connectivity index (χ1n) is 5.99. The number of halogens is 1. The van der Waals surface area contributed by atoms with E-state index in [0.29, 0.717) is 11.3 Å². The zero-order valence-electron chi connectivity index (χ0n) is 10.0. The monoisotopic (exact) mass is 301 g/mol. The number of nitrogens with two attached hydrogens (primary N) is 1. The Balaban J connectivity index is 2.20. The maximum atomic E-state index is 6.47. The van der Waals surface area contributed by atoms with Gasteiger partial charge in [0.1, 0.15) is 0 Å². The summed E-state index contributed by atoms with van der Waals surface area (Å²) in [5.74, 6) is 0.618.